The van der Waals surface area contributed by atoms with E-state index in [1.165, 1.54) is 6.20 Å². The van der Waals surface area contributed by atoms with E-state index in [2.05, 4.69) is 0 Å². The smallest absolute Gasteiger partial charge is 0.326 e. The number of hydrogen-bond donors (Lipinski definition) is 1. The number of benzene rings is 2. The van der Waals surface area contributed by atoms with E-state index in [0.717, 1.165) is 11.1 Å². The van der Waals surface area contributed by atoms with Gasteiger partial charge in [0, 0.05) is 24.3 Å². The van der Waals surface area contributed by atoms with E-state index >= 15 is 0 Å². The van der Waals surface area contributed by atoms with Crippen LogP contribution in [0.4, 0.5) is 18.9 Å². The average molecular weight is 423 g/mol. The van der Waals surface area contributed by atoms with Crippen molar-refractivity contribution in [3.63, 3.8) is 0 Å². The number of alkyl halides is 3. The molecule has 1 heterocycles. The standard InChI is InChI=1S/C21H22F3N2O2S/c22-21(23,24)16-29(27,28)26(12-4-7-19(14-25)15-26)20-10-8-18(9-11-20)13-17-5-2-1-3-6-17/h1-11,15H,12-14,16,25H2/q+1. The van der Waals surface area contributed by atoms with E-state index in [-0.39, 0.29) is 18.8 Å². The first kappa shape index (κ1) is 21.3. The van der Waals surface area contributed by atoms with Gasteiger partial charge in [0.15, 0.2) is 11.4 Å². The Bertz CT molecular complexity index is 1010. The van der Waals surface area contributed by atoms with E-state index < -0.39 is 25.8 Å². The number of rotatable bonds is 6. The van der Waals surface area contributed by atoms with Crippen LogP contribution in [0.2, 0.25) is 0 Å². The summed E-state index contributed by atoms with van der Waals surface area (Å²) in [5.74, 6) is -1.91. The van der Waals surface area contributed by atoms with Gasteiger partial charge in [-0.15, -0.1) is 0 Å². The van der Waals surface area contributed by atoms with Gasteiger partial charge in [-0.3, -0.25) is 0 Å². The molecule has 1 atom stereocenters. The molecule has 3 rings (SSSR count). The Morgan fingerprint density at radius 2 is 1.59 bits per heavy atom. The first-order valence-corrected chi connectivity index (χ1v) is 10.7. The van der Waals surface area contributed by atoms with Crippen molar-refractivity contribution in [3.8, 4) is 0 Å². The molecule has 0 aliphatic carbocycles. The van der Waals surface area contributed by atoms with Gasteiger partial charge >= 0.3 is 16.2 Å². The van der Waals surface area contributed by atoms with Gasteiger partial charge in [-0.05, 0) is 23.6 Å². The summed E-state index contributed by atoms with van der Waals surface area (Å²) in [4.78, 5) is 0. The molecule has 29 heavy (non-hydrogen) atoms. The Morgan fingerprint density at radius 3 is 2.17 bits per heavy atom. The van der Waals surface area contributed by atoms with Crippen molar-refractivity contribution in [2.24, 2.45) is 5.73 Å². The number of halogens is 3. The molecule has 0 radical (unpaired) electrons. The number of quaternary nitrogens is 1. The van der Waals surface area contributed by atoms with Crippen LogP contribution < -0.4 is 9.62 Å². The summed E-state index contributed by atoms with van der Waals surface area (Å²) in [5, 5.41) is 0. The first-order chi connectivity index (χ1) is 13.7. The van der Waals surface area contributed by atoms with Gasteiger partial charge in [0.25, 0.3) is 0 Å². The van der Waals surface area contributed by atoms with Gasteiger partial charge < -0.3 is 5.73 Å². The van der Waals surface area contributed by atoms with Gasteiger partial charge in [0.05, 0.1) is 0 Å². The second kappa shape index (κ2) is 8.14. The highest BCUT2D eigenvalue weighted by Crippen LogP contribution is 2.35. The predicted octanol–water partition coefficient (Wildman–Crippen LogP) is 3.89. The van der Waals surface area contributed by atoms with Gasteiger partial charge in [0.1, 0.15) is 12.7 Å². The molecule has 1 unspecified atom stereocenters. The summed E-state index contributed by atoms with van der Waals surface area (Å²) in [6.07, 6.45) is 0.306. The van der Waals surface area contributed by atoms with Crippen molar-refractivity contribution in [2.45, 2.75) is 12.6 Å². The molecule has 1 aliphatic rings. The number of nitrogens with two attached hydrogens (primary N) is 1. The Morgan fingerprint density at radius 1 is 0.966 bits per heavy atom. The Hall–Kier alpha value is -2.42. The molecule has 1 aliphatic heterocycles. The number of nitrogens with zero attached hydrogens (tertiary/aromatic N) is 1. The normalized spacial score (nSPS) is 19.8. The molecule has 8 heteroatoms. The fourth-order valence-corrected chi connectivity index (χ4v) is 5.10. The average Bonchev–Trinajstić information content (AvgIpc) is 2.67. The fraction of sp³-hybridized carbons (Fsp3) is 0.238. The monoisotopic (exact) mass is 423 g/mol. The van der Waals surface area contributed by atoms with E-state index in [1.54, 1.807) is 36.4 Å². The molecule has 0 spiro atoms. The lowest BCUT2D eigenvalue weighted by atomic mass is 10.0. The Kier molecular flexibility index (Phi) is 5.97. The quantitative estimate of drug-likeness (QED) is 0.717. The van der Waals surface area contributed by atoms with Crippen LogP contribution >= 0.6 is 0 Å². The maximum atomic E-state index is 13.0. The minimum absolute atomic E-state index is 0.0319. The van der Waals surface area contributed by atoms with Crippen LogP contribution in [-0.4, -0.2) is 33.4 Å². The molecule has 0 amide bonds. The van der Waals surface area contributed by atoms with Crippen molar-refractivity contribution in [3.05, 3.63) is 89.6 Å². The molecule has 0 fully saturated rings. The van der Waals surface area contributed by atoms with Crippen molar-refractivity contribution in [1.82, 2.24) is 3.89 Å². The maximum Gasteiger partial charge on any atom is 0.408 e. The molecule has 154 valence electrons. The van der Waals surface area contributed by atoms with E-state index in [0.29, 0.717) is 12.0 Å². The largest absolute Gasteiger partial charge is 0.408 e. The van der Waals surface area contributed by atoms with Gasteiger partial charge in [0.2, 0.25) is 0 Å². The highest BCUT2D eigenvalue weighted by Gasteiger charge is 2.50. The van der Waals surface area contributed by atoms with Crippen LogP contribution in [0.1, 0.15) is 11.1 Å². The zero-order chi connectivity index (χ0) is 21.1. The number of hydrogen-bond acceptors (Lipinski definition) is 3. The van der Waals surface area contributed by atoms with Gasteiger partial charge in [-0.1, -0.05) is 48.5 Å². The molecule has 0 saturated carbocycles. The van der Waals surface area contributed by atoms with Crippen LogP contribution in [0.25, 0.3) is 0 Å². The summed E-state index contributed by atoms with van der Waals surface area (Å²) in [6.45, 7) is -0.0932. The zero-order valence-electron chi connectivity index (χ0n) is 15.6. The lowest BCUT2D eigenvalue weighted by Gasteiger charge is -2.34. The van der Waals surface area contributed by atoms with E-state index in [4.69, 9.17) is 5.73 Å². The third-order valence-electron chi connectivity index (χ3n) is 4.79. The predicted molar refractivity (Wildman–Crippen MR) is 108 cm³/mol. The first-order valence-electron chi connectivity index (χ1n) is 9.04. The van der Waals surface area contributed by atoms with E-state index in [1.807, 2.05) is 30.3 Å². The topological polar surface area (TPSA) is 60.2 Å². The van der Waals surface area contributed by atoms with Crippen LogP contribution in [0, 0.1) is 0 Å². The Balaban J connectivity index is 2.01. The second-order valence-electron chi connectivity index (χ2n) is 6.96. The van der Waals surface area contributed by atoms with Gasteiger partial charge in [-0.25, -0.2) is 0 Å². The number of sulfonamides is 1. The highest BCUT2D eigenvalue weighted by molar-refractivity contribution is 7.91. The fourth-order valence-electron chi connectivity index (χ4n) is 3.40. The van der Waals surface area contributed by atoms with Crippen LogP contribution in [0.15, 0.2) is 78.5 Å². The molecule has 4 nitrogen and oxygen atoms in total. The van der Waals surface area contributed by atoms with E-state index in [9.17, 15) is 21.6 Å². The van der Waals surface area contributed by atoms with Crippen molar-refractivity contribution < 1.29 is 21.6 Å². The SMILES string of the molecule is NCC1=C[N+](c2ccc(Cc3ccccc3)cc2)(S(=O)(=O)CC(F)(F)F)CC=C1. The molecule has 0 saturated heterocycles. The molecular weight excluding hydrogens is 401 g/mol. The van der Waals surface area contributed by atoms with Crippen molar-refractivity contribution >= 4 is 15.7 Å². The zero-order valence-corrected chi connectivity index (χ0v) is 16.5. The third-order valence-corrected chi connectivity index (χ3v) is 6.94. The third kappa shape index (κ3) is 4.77. The minimum Gasteiger partial charge on any atom is -0.326 e. The lowest BCUT2D eigenvalue weighted by Crippen LogP contribution is -2.54. The molecule has 0 bridgehead atoms. The summed E-state index contributed by atoms with van der Waals surface area (Å²) in [6, 6.07) is 16.4. The minimum atomic E-state index is -4.84. The van der Waals surface area contributed by atoms with Crippen molar-refractivity contribution in [1.29, 1.82) is 0 Å². The molecule has 2 aromatic carbocycles. The summed E-state index contributed by atoms with van der Waals surface area (Å²) in [5.41, 5.74) is 8.37. The lowest BCUT2D eigenvalue weighted by molar-refractivity contribution is -0.106. The van der Waals surface area contributed by atoms with Gasteiger partial charge in [-0.2, -0.15) is 25.5 Å². The van der Waals surface area contributed by atoms with Crippen molar-refractivity contribution in [2.75, 3.05) is 18.8 Å². The van der Waals surface area contributed by atoms with Crippen LogP contribution in [0.5, 0.6) is 0 Å². The molecule has 2 N–H and O–H groups in total. The summed E-state index contributed by atoms with van der Waals surface area (Å²) >= 11 is 0. The second-order valence-corrected chi connectivity index (χ2v) is 9.06. The Labute approximate surface area is 168 Å². The van der Waals surface area contributed by atoms with Crippen LogP contribution in [-0.2, 0) is 16.4 Å². The molecule has 2 aromatic rings. The maximum absolute atomic E-state index is 13.0. The summed E-state index contributed by atoms with van der Waals surface area (Å²) < 4.78 is 63.9. The van der Waals surface area contributed by atoms with Crippen LogP contribution in [0.3, 0.4) is 0 Å². The molecule has 0 aromatic heterocycles. The molecular formula is C21H22F3N2O2S+. The highest BCUT2D eigenvalue weighted by atomic mass is 32.2. The summed E-state index contributed by atoms with van der Waals surface area (Å²) in [7, 11) is -4.64.